The molecule has 2 aromatic carbocycles. The van der Waals surface area contributed by atoms with Gasteiger partial charge in [-0.05, 0) is 31.5 Å². The van der Waals surface area contributed by atoms with Gasteiger partial charge in [-0.2, -0.15) is 0 Å². The van der Waals surface area contributed by atoms with Crippen molar-refractivity contribution >= 4 is 5.69 Å². The number of benzene rings is 2. The highest BCUT2D eigenvalue weighted by Crippen LogP contribution is 2.23. The van der Waals surface area contributed by atoms with E-state index in [1.807, 2.05) is 37.3 Å². The second-order valence-electron chi connectivity index (χ2n) is 4.94. The first-order valence-corrected chi connectivity index (χ1v) is 7.55. The van der Waals surface area contributed by atoms with Crippen molar-refractivity contribution in [2.75, 3.05) is 25.0 Å². The van der Waals surface area contributed by atoms with Gasteiger partial charge in [0, 0.05) is 19.1 Å². The largest absolute Gasteiger partial charge is 0.492 e. The Kier molecular flexibility index (Phi) is 6.10. The molecule has 0 saturated carbocycles. The van der Waals surface area contributed by atoms with Gasteiger partial charge in [-0.25, -0.2) is 0 Å². The predicted molar refractivity (Wildman–Crippen MR) is 89.0 cm³/mol. The maximum atomic E-state index is 5.60. The Labute approximate surface area is 127 Å². The van der Waals surface area contributed by atoms with Crippen LogP contribution in [0.4, 0.5) is 5.69 Å². The zero-order chi connectivity index (χ0) is 14.9. The van der Waals surface area contributed by atoms with Crippen molar-refractivity contribution in [3.8, 4) is 5.75 Å². The lowest BCUT2D eigenvalue weighted by molar-refractivity contribution is 0.341. The fraction of sp³-hybridized carbons (Fsp3) is 0.333. The molecule has 0 amide bonds. The van der Waals surface area contributed by atoms with E-state index in [9.17, 15) is 0 Å². The number of nitrogens with one attached hydrogen (secondary N) is 2. The fourth-order valence-electron chi connectivity index (χ4n) is 2.24. The second-order valence-corrected chi connectivity index (χ2v) is 4.94. The Balaban J connectivity index is 1.77. The summed E-state index contributed by atoms with van der Waals surface area (Å²) in [6.07, 6.45) is 0. The van der Waals surface area contributed by atoms with Crippen LogP contribution in [-0.4, -0.2) is 19.7 Å². The predicted octanol–water partition coefficient (Wildman–Crippen LogP) is 3.85. The summed E-state index contributed by atoms with van der Waals surface area (Å²) in [6.45, 7) is 6.63. The number of rotatable bonds is 8. The van der Waals surface area contributed by atoms with Crippen LogP contribution in [0.15, 0.2) is 54.6 Å². The highest BCUT2D eigenvalue weighted by atomic mass is 16.5. The van der Waals surface area contributed by atoms with Gasteiger partial charge in [-0.1, -0.05) is 42.5 Å². The van der Waals surface area contributed by atoms with Crippen LogP contribution in [0.1, 0.15) is 25.5 Å². The smallest absolute Gasteiger partial charge is 0.142 e. The molecule has 0 aliphatic carbocycles. The summed E-state index contributed by atoms with van der Waals surface area (Å²) in [4.78, 5) is 0. The van der Waals surface area contributed by atoms with Gasteiger partial charge < -0.3 is 15.4 Å². The molecule has 0 saturated heterocycles. The van der Waals surface area contributed by atoms with Gasteiger partial charge in [-0.3, -0.25) is 0 Å². The van der Waals surface area contributed by atoms with E-state index < -0.39 is 0 Å². The number of para-hydroxylation sites is 2. The molecule has 21 heavy (non-hydrogen) atoms. The van der Waals surface area contributed by atoms with Crippen molar-refractivity contribution in [2.24, 2.45) is 0 Å². The van der Waals surface area contributed by atoms with Gasteiger partial charge in [0.05, 0.1) is 12.3 Å². The third-order valence-corrected chi connectivity index (χ3v) is 3.38. The molecule has 0 radical (unpaired) electrons. The van der Waals surface area contributed by atoms with Crippen molar-refractivity contribution in [3.05, 3.63) is 60.2 Å². The standard InChI is InChI=1S/C18H24N2O/c1-3-21-18-12-8-7-11-17(18)20-14-13-19-15(2)16-9-5-4-6-10-16/h4-12,15,19-20H,3,13-14H2,1-2H3. The molecule has 0 bridgehead atoms. The maximum Gasteiger partial charge on any atom is 0.142 e. The summed E-state index contributed by atoms with van der Waals surface area (Å²) in [5.74, 6) is 0.913. The molecule has 112 valence electrons. The van der Waals surface area contributed by atoms with Crippen LogP contribution in [0.5, 0.6) is 5.75 Å². The van der Waals surface area contributed by atoms with E-state index in [0.717, 1.165) is 24.5 Å². The van der Waals surface area contributed by atoms with E-state index >= 15 is 0 Å². The van der Waals surface area contributed by atoms with Crippen molar-refractivity contribution < 1.29 is 4.74 Å². The average molecular weight is 284 g/mol. The summed E-state index contributed by atoms with van der Waals surface area (Å²) in [6, 6.07) is 18.9. The summed E-state index contributed by atoms with van der Waals surface area (Å²) in [7, 11) is 0. The Hall–Kier alpha value is -2.00. The van der Waals surface area contributed by atoms with Gasteiger partial charge in [0.25, 0.3) is 0 Å². The summed E-state index contributed by atoms with van der Waals surface area (Å²) in [5.41, 5.74) is 2.36. The van der Waals surface area contributed by atoms with Crippen molar-refractivity contribution in [1.29, 1.82) is 0 Å². The lowest BCUT2D eigenvalue weighted by atomic mass is 10.1. The zero-order valence-electron chi connectivity index (χ0n) is 12.8. The highest BCUT2D eigenvalue weighted by Gasteiger charge is 2.04. The summed E-state index contributed by atoms with van der Waals surface area (Å²) < 4.78 is 5.60. The molecular formula is C18H24N2O. The molecule has 3 heteroatoms. The summed E-state index contributed by atoms with van der Waals surface area (Å²) >= 11 is 0. The Morgan fingerprint density at radius 1 is 0.952 bits per heavy atom. The first-order valence-electron chi connectivity index (χ1n) is 7.55. The number of hydrogen-bond acceptors (Lipinski definition) is 3. The summed E-state index contributed by atoms with van der Waals surface area (Å²) in [5, 5.41) is 6.93. The van der Waals surface area contributed by atoms with Crippen LogP contribution in [0.2, 0.25) is 0 Å². The van der Waals surface area contributed by atoms with Gasteiger partial charge in [0.15, 0.2) is 0 Å². The third-order valence-electron chi connectivity index (χ3n) is 3.38. The van der Waals surface area contributed by atoms with E-state index in [2.05, 4.69) is 41.8 Å². The molecule has 2 rings (SSSR count). The van der Waals surface area contributed by atoms with Crippen LogP contribution in [0.25, 0.3) is 0 Å². The van der Waals surface area contributed by atoms with E-state index in [1.165, 1.54) is 5.56 Å². The molecule has 2 aromatic rings. The van der Waals surface area contributed by atoms with Crippen molar-refractivity contribution in [3.63, 3.8) is 0 Å². The highest BCUT2D eigenvalue weighted by molar-refractivity contribution is 5.56. The minimum Gasteiger partial charge on any atom is -0.492 e. The molecule has 1 unspecified atom stereocenters. The minimum atomic E-state index is 0.357. The van der Waals surface area contributed by atoms with Crippen LogP contribution >= 0.6 is 0 Å². The van der Waals surface area contributed by atoms with Crippen LogP contribution in [-0.2, 0) is 0 Å². The quantitative estimate of drug-likeness (QED) is 0.722. The zero-order valence-corrected chi connectivity index (χ0v) is 12.8. The fourth-order valence-corrected chi connectivity index (χ4v) is 2.24. The molecule has 0 fully saturated rings. The molecule has 0 heterocycles. The lowest BCUT2D eigenvalue weighted by Crippen LogP contribution is -2.25. The second kappa shape index (κ2) is 8.32. The van der Waals surface area contributed by atoms with Crippen molar-refractivity contribution in [1.82, 2.24) is 5.32 Å². The Bertz CT molecular complexity index is 528. The topological polar surface area (TPSA) is 33.3 Å². The minimum absolute atomic E-state index is 0.357. The molecular weight excluding hydrogens is 260 g/mol. The Morgan fingerprint density at radius 2 is 1.67 bits per heavy atom. The molecule has 3 nitrogen and oxygen atoms in total. The molecule has 1 atom stereocenters. The van der Waals surface area contributed by atoms with Crippen LogP contribution in [0, 0.1) is 0 Å². The monoisotopic (exact) mass is 284 g/mol. The number of ether oxygens (including phenoxy) is 1. The van der Waals surface area contributed by atoms with Gasteiger partial charge >= 0.3 is 0 Å². The number of anilines is 1. The van der Waals surface area contributed by atoms with E-state index in [4.69, 9.17) is 4.74 Å². The lowest BCUT2D eigenvalue weighted by Gasteiger charge is -2.16. The Morgan fingerprint density at radius 3 is 2.43 bits per heavy atom. The normalized spacial score (nSPS) is 11.9. The molecule has 0 aromatic heterocycles. The van der Waals surface area contributed by atoms with E-state index in [1.54, 1.807) is 0 Å². The van der Waals surface area contributed by atoms with Crippen molar-refractivity contribution in [2.45, 2.75) is 19.9 Å². The molecule has 2 N–H and O–H groups in total. The van der Waals surface area contributed by atoms with E-state index in [-0.39, 0.29) is 0 Å². The maximum absolute atomic E-state index is 5.60. The first kappa shape index (κ1) is 15.4. The first-order chi connectivity index (χ1) is 10.3. The van der Waals surface area contributed by atoms with Gasteiger partial charge in [-0.15, -0.1) is 0 Å². The molecule has 0 aliphatic rings. The van der Waals surface area contributed by atoms with Crippen LogP contribution in [0.3, 0.4) is 0 Å². The third kappa shape index (κ3) is 4.80. The molecule has 0 aliphatic heterocycles. The van der Waals surface area contributed by atoms with E-state index in [0.29, 0.717) is 12.6 Å². The van der Waals surface area contributed by atoms with Crippen LogP contribution < -0.4 is 15.4 Å². The SMILES string of the molecule is CCOc1ccccc1NCCNC(C)c1ccccc1. The van der Waals surface area contributed by atoms with Gasteiger partial charge in [0.2, 0.25) is 0 Å². The average Bonchev–Trinajstić information content (AvgIpc) is 2.54. The number of hydrogen-bond donors (Lipinski definition) is 2. The molecule has 0 spiro atoms. The van der Waals surface area contributed by atoms with Gasteiger partial charge in [0.1, 0.15) is 5.75 Å².